The van der Waals surface area contributed by atoms with Gasteiger partial charge in [-0.05, 0) is 17.4 Å². The molecule has 2 nitrogen and oxygen atoms in total. The lowest BCUT2D eigenvalue weighted by Gasteiger charge is -2.24. The number of hydrogen-bond donors (Lipinski definition) is 1. The van der Waals surface area contributed by atoms with Gasteiger partial charge in [-0.25, -0.2) is 0 Å². The molecule has 0 saturated carbocycles. The summed E-state index contributed by atoms with van der Waals surface area (Å²) in [7, 11) is 1.66. The van der Waals surface area contributed by atoms with E-state index in [1.807, 2.05) is 17.5 Å². The van der Waals surface area contributed by atoms with E-state index in [1.165, 1.54) is 4.88 Å². The standard InChI is InChI=1S/C11H18O2S/c1-8(2)11(13-3)10(12)7-9-5-4-6-14-9/h4-6,8,10-12H,7H2,1-3H3. The van der Waals surface area contributed by atoms with Crippen LogP contribution in [0.4, 0.5) is 0 Å². The molecule has 0 spiro atoms. The van der Waals surface area contributed by atoms with Gasteiger partial charge in [0.05, 0.1) is 12.2 Å². The van der Waals surface area contributed by atoms with Gasteiger partial charge in [0.25, 0.3) is 0 Å². The molecule has 0 amide bonds. The van der Waals surface area contributed by atoms with E-state index < -0.39 is 6.10 Å². The Morgan fingerprint density at radius 1 is 1.50 bits per heavy atom. The molecule has 1 aromatic rings. The monoisotopic (exact) mass is 214 g/mol. The third-order valence-corrected chi connectivity index (χ3v) is 3.20. The molecule has 0 radical (unpaired) electrons. The zero-order chi connectivity index (χ0) is 10.6. The summed E-state index contributed by atoms with van der Waals surface area (Å²) in [6, 6.07) is 4.05. The van der Waals surface area contributed by atoms with Crippen molar-refractivity contribution < 1.29 is 9.84 Å². The highest BCUT2D eigenvalue weighted by molar-refractivity contribution is 7.09. The van der Waals surface area contributed by atoms with Gasteiger partial charge in [-0.15, -0.1) is 11.3 Å². The molecule has 2 unspecified atom stereocenters. The van der Waals surface area contributed by atoms with Crippen molar-refractivity contribution in [2.75, 3.05) is 7.11 Å². The molecule has 2 atom stereocenters. The highest BCUT2D eigenvalue weighted by Gasteiger charge is 2.22. The second-order valence-corrected chi connectivity index (χ2v) is 4.83. The van der Waals surface area contributed by atoms with E-state index in [0.717, 1.165) is 0 Å². The van der Waals surface area contributed by atoms with Crippen molar-refractivity contribution in [3.8, 4) is 0 Å². The van der Waals surface area contributed by atoms with Crippen LogP contribution in [0, 0.1) is 5.92 Å². The van der Waals surface area contributed by atoms with Crippen LogP contribution in [0.25, 0.3) is 0 Å². The molecular formula is C11H18O2S. The van der Waals surface area contributed by atoms with Crippen molar-refractivity contribution in [2.24, 2.45) is 5.92 Å². The lowest BCUT2D eigenvalue weighted by atomic mass is 9.99. The predicted octanol–water partition coefficient (Wildman–Crippen LogP) is 2.32. The maximum absolute atomic E-state index is 9.93. The van der Waals surface area contributed by atoms with Crippen molar-refractivity contribution in [1.29, 1.82) is 0 Å². The summed E-state index contributed by atoms with van der Waals surface area (Å²) in [5.41, 5.74) is 0. The van der Waals surface area contributed by atoms with Crippen molar-refractivity contribution in [1.82, 2.24) is 0 Å². The van der Waals surface area contributed by atoms with Crippen molar-refractivity contribution in [3.05, 3.63) is 22.4 Å². The Balaban J connectivity index is 2.51. The second kappa shape index (κ2) is 5.49. The first-order valence-corrected chi connectivity index (χ1v) is 5.76. The molecule has 0 fully saturated rings. The topological polar surface area (TPSA) is 29.5 Å². The van der Waals surface area contributed by atoms with Gasteiger partial charge in [-0.1, -0.05) is 19.9 Å². The van der Waals surface area contributed by atoms with Crippen LogP contribution in [0.5, 0.6) is 0 Å². The van der Waals surface area contributed by atoms with Crippen LogP contribution in [0.15, 0.2) is 17.5 Å². The Hall–Kier alpha value is -0.380. The minimum absolute atomic E-state index is 0.0721. The van der Waals surface area contributed by atoms with E-state index in [2.05, 4.69) is 13.8 Å². The summed E-state index contributed by atoms with van der Waals surface area (Å²) in [6.07, 6.45) is 0.213. The lowest BCUT2D eigenvalue weighted by molar-refractivity contribution is -0.0364. The first-order valence-electron chi connectivity index (χ1n) is 4.88. The number of aliphatic hydroxyl groups excluding tert-OH is 1. The Morgan fingerprint density at radius 3 is 2.64 bits per heavy atom. The second-order valence-electron chi connectivity index (χ2n) is 3.80. The molecule has 1 rings (SSSR count). The van der Waals surface area contributed by atoms with Gasteiger partial charge < -0.3 is 9.84 Å². The smallest absolute Gasteiger partial charge is 0.0856 e. The number of methoxy groups -OCH3 is 1. The van der Waals surface area contributed by atoms with Crippen LogP contribution in [-0.4, -0.2) is 24.4 Å². The van der Waals surface area contributed by atoms with Crippen molar-refractivity contribution in [3.63, 3.8) is 0 Å². The zero-order valence-corrected chi connectivity index (χ0v) is 9.75. The Labute approximate surface area is 89.5 Å². The maximum Gasteiger partial charge on any atom is 0.0856 e. The largest absolute Gasteiger partial charge is 0.390 e. The number of hydrogen-bond acceptors (Lipinski definition) is 3. The minimum atomic E-state index is -0.404. The van der Waals surface area contributed by atoms with Crippen molar-refractivity contribution in [2.45, 2.75) is 32.5 Å². The lowest BCUT2D eigenvalue weighted by Crippen LogP contribution is -2.34. The first kappa shape index (κ1) is 11.7. The number of thiophene rings is 1. The first-order chi connectivity index (χ1) is 6.65. The van der Waals surface area contributed by atoms with E-state index in [0.29, 0.717) is 12.3 Å². The summed E-state index contributed by atoms with van der Waals surface area (Å²) in [6.45, 7) is 4.12. The third kappa shape index (κ3) is 3.08. The molecule has 1 aromatic heterocycles. The van der Waals surface area contributed by atoms with Gasteiger partial charge in [0.1, 0.15) is 0 Å². The number of aliphatic hydroxyl groups is 1. The summed E-state index contributed by atoms with van der Waals surface area (Å²) >= 11 is 1.68. The maximum atomic E-state index is 9.93. The average molecular weight is 214 g/mol. The Bertz CT molecular complexity index is 244. The molecule has 0 aliphatic carbocycles. The summed E-state index contributed by atoms with van der Waals surface area (Å²) in [4.78, 5) is 1.21. The third-order valence-electron chi connectivity index (χ3n) is 2.30. The number of ether oxygens (including phenoxy) is 1. The quantitative estimate of drug-likeness (QED) is 0.815. The van der Waals surface area contributed by atoms with E-state index in [4.69, 9.17) is 4.74 Å². The van der Waals surface area contributed by atoms with Gasteiger partial charge in [0.2, 0.25) is 0 Å². The number of rotatable bonds is 5. The van der Waals surface area contributed by atoms with E-state index in [1.54, 1.807) is 18.4 Å². The molecule has 80 valence electrons. The highest BCUT2D eigenvalue weighted by Crippen LogP contribution is 2.17. The highest BCUT2D eigenvalue weighted by atomic mass is 32.1. The average Bonchev–Trinajstić information content (AvgIpc) is 2.57. The van der Waals surface area contributed by atoms with Gasteiger partial charge in [0.15, 0.2) is 0 Å². The molecule has 0 bridgehead atoms. The fraction of sp³-hybridized carbons (Fsp3) is 0.636. The summed E-state index contributed by atoms with van der Waals surface area (Å²) in [5.74, 6) is 0.343. The van der Waals surface area contributed by atoms with Crippen LogP contribution >= 0.6 is 11.3 Å². The van der Waals surface area contributed by atoms with E-state index >= 15 is 0 Å². The van der Waals surface area contributed by atoms with Crippen molar-refractivity contribution >= 4 is 11.3 Å². The molecule has 1 N–H and O–H groups in total. The summed E-state index contributed by atoms with van der Waals surface area (Å²) < 4.78 is 5.28. The SMILES string of the molecule is COC(C(C)C)C(O)Cc1cccs1. The molecular weight excluding hydrogens is 196 g/mol. The van der Waals surface area contributed by atoms with Crippen LogP contribution in [0.1, 0.15) is 18.7 Å². The van der Waals surface area contributed by atoms with Crippen LogP contribution in [-0.2, 0) is 11.2 Å². The van der Waals surface area contributed by atoms with Gasteiger partial charge in [-0.2, -0.15) is 0 Å². The van der Waals surface area contributed by atoms with E-state index in [9.17, 15) is 5.11 Å². The molecule has 1 heterocycles. The van der Waals surface area contributed by atoms with Crippen LogP contribution in [0.2, 0.25) is 0 Å². The molecule has 3 heteroatoms. The summed E-state index contributed by atoms with van der Waals surface area (Å²) in [5, 5.41) is 12.0. The Morgan fingerprint density at radius 2 is 2.21 bits per heavy atom. The fourth-order valence-corrected chi connectivity index (χ4v) is 2.38. The molecule has 0 aliphatic heterocycles. The van der Waals surface area contributed by atoms with Gasteiger partial charge >= 0.3 is 0 Å². The Kier molecular flexibility index (Phi) is 4.58. The molecule has 0 aromatic carbocycles. The molecule has 0 aliphatic rings. The predicted molar refractivity (Wildman–Crippen MR) is 59.7 cm³/mol. The normalized spacial score (nSPS) is 15.8. The van der Waals surface area contributed by atoms with E-state index in [-0.39, 0.29) is 6.10 Å². The van der Waals surface area contributed by atoms with Crippen LogP contribution < -0.4 is 0 Å². The zero-order valence-electron chi connectivity index (χ0n) is 8.93. The fourth-order valence-electron chi connectivity index (χ4n) is 1.62. The van der Waals surface area contributed by atoms with Gasteiger partial charge in [-0.3, -0.25) is 0 Å². The van der Waals surface area contributed by atoms with Crippen LogP contribution in [0.3, 0.4) is 0 Å². The molecule has 14 heavy (non-hydrogen) atoms. The molecule has 0 saturated heterocycles. The van der Waals surface area contributed by atoms with Gasteiger partial charge in [0, 0.05) is 18.4 Å². The minimum Gasteiger partial charge on any atom is -0.390 e.